The van der Waals surface area contributed by atoms with E-state index in [1.807, 2.05) is 60.1 Å². The Morgan fingerprint density at radius 2 is 1.54 bits per heavy atom. The number of hydrogen-bond acceptors (Lipinski definition) is 9. The van der Waals surface area contributed by atoms with Gasteiger partial charge in [-0.15, -0.1) is 0 Å². The lowest BCUT2D eigenvalue weighted by Gasteiger charge is -2.11. The van der Waals surface area contributed by atoms with Gasteiger partial charge in [-0.3, -0.25) is 4.18 Å². The van der Waals surface area contributed by atoms with Crippen molar-refractivity contribution in [3.8, 4) is 5.75 Å². The van der Waals surface area contributed by atoms with Crippen LogP contribution in [0.25, 0.3) is 0 Å². The minimum absolute atomic E-state index is 0.770. The minimum atomic E-state index is -4.41. The maximum atomic E-state index is 9.22. The van der Waals surface area contributed by atoms with Crippen LogP contribution in [-0.4, -0.2) is 39.1 Å². The molecule has 0 saturated heterocycles. The molecule has 0 aliphatic heterocycles. The lowest BCUT2D eigenvalue weighted by Crippen LogP contribution is -2.26. The van der Waals surface area contributed by atoms with E-state index in [2.05, 4.69) is 67.4 Å². The third-order valence-electron chi connectivity index (χ3n) is 5.39. The lowest BCUT2D eigenvalue weighted by atomic mass is 9.96. The third-order valence-corrected chi connectivity index (χ3v) is 5.80. The smallest absolute Gasteiger partial charge is 0.217 e. The van der Waals surface area contributed by atoms with Crippen molar-refractivity contribution in [1.29, 1.82) is 0 Å². The predicted molar refractivity (Wildman–Crippen MR) is 149 cm³/mol. The van der Waals surface area contributed by atoms with Crippen molar-refractivity contribution in [3.63, 3.8) is 0 Å². The van der Waals surface area contributed by atoms with Gasteiger partial charge in [0.15, 0.2) is 12.4 Å². The molecule has 0 atom stereocenters. The molecule has 0 spiro atoms. The quantitative estimate of drug-likeness (QED) is 0.0986. The van der Waals surface area contributed by atoms with E-state index in [9.17, 15) is 13.0 Å². The molecule has 10 nitrogen and oxygen atoms in total. The molecule has 2 aromatic carbocycles. The van der Waals surface area contributed by atoms with Gasteiger partial charge in [0.2, 0.25) is 10.4 Å². The zero-order valence-corrected chi connectivity index (χ0v) is 22.7. The van der Waals surface area contributed by atoms with Crippen LogP contribution < -0.4 is 9.30 Å². The number of allylic oxidation sites excluding steroid dienone is 4. The minimum Gasteiger partial charge on any atom is -0.726 e. The summed E-state index contributed by atoms with van der Waals surface area (Å²) in [4.78, 5) is 0. The Bertz CT molecular complexity index is 1480. The van der Waals surface area contributed by atoms with Crippen molar-refractivity contribution in [2.75, 3.05) is 14.2 Å². The fraction of sp³-hybridized carbons (Fsp3) is 0.179. The van der Waals surface area contributed by atoms with E-state index in [0.29, 0.717) is 0 Å². The SMILES string of the molecule is COS(=O)(=O)[O-].COc1ccc(/N=N/c2ccc(/C=N/N=C3/CC=CC=C3Cc3cc[n+](C)cc3)cc2)cc1. The van der Waals surface area contributed by atoms with E-state index in [-0.39, 0.29) is 0 Å². The Balaban J connectivity index is 0.000000631. The Morgan fingerprint density at radius 3 is 2.10 bits per heavy atom. The van der Waals surface area contributed by atoms with Crippen molar-refractivity contribution in [1.82, 2.24) is 0 Å². The van der Waals surface area contributed by atoms with E-state index >= 15 is 0 Å². The standard InChI is InChI=1S/C27H26N5O.CH4O4S/c1-32-17-15-21(16-18-32)19-23-5-3-4-6-27(23)31-28-20-22-7-9-24(10-8-22)29-30-25-11-13-26(33-2)14-12-25;1-5-6(2,3)4/h3-5,7-18,20H,6,19H2,1-2H3;1H3,(H,2,3,4)/q+1;/p-1/b28-20+,30-29+,31-27-;. The molecule has 1 aliphatic carbocycles. The lowest BCUT2D eigenvalue weighted by molar-refractivity contribution is -0.671. The van der Waals surface area contributed by atoms with Crippen LogP contribution in [0, 0.1) is 0 Å². The Kier molecular flexibility index (Phi) is 10.9. The second kappa shape index (κ2) is 14.6. The Morgan fingerprint density at radius 1 is 0.949 bits per heavy atom. The number of aromatic nitrogens is 1. The van der Waals surface area contributed by atoms with Crippen molar-refractivity contribution < 1.29 is 26.5 Å². The first kappa shape index (κ1) is 29.2. The molecule has 0 unspecified atom stereocenters. The van der Waals surface area contributed by atoms with Crippen LogP contribution in [-0.2, 0) is 28.1 Å². The van der Waals surface area contributed by atoms with Crippen molar-refractivity contribution in [3.05, 3.63) is 108 Å². The summed E-state index contributed by atoms with van der Waals surface area (Å²) in [7, 11) is 0.0528. The van der Waals surface area contributed by atoms with Crippen molar-refractivity contribution >= 4 is 33.7 Å². The zero-order valence-electron chi connectivity index (χ0n) is 21.8. The molecule has 0 bridgehead atoms. The van der Waals surface area contributed by atoms with Gasteiger partial charge >= 0.3 is 0 Å². The summed E-state index contributed by atoms with van der Waals surface area (Å²) in [6.07, 6.45) is 13.8. The molecule has 0 radical (unpaired) electrons. The molecule has 39 heavy (non-hydrogen) atoms. The topological polar surface area (TPSA) is 129 Å². The molecular weight excluding hydrogens is 518 g/mol. The second-order valence-corrected chi connectivity index (χ2v) is 9.38. The Hall–Kier alpha value is -4.32. The maximum Gasteiger partial charge on any atom is 0.217 e. The third kappa shape index (κ3) is 10.5. The van der Waals surface area contributed by atoms with E-state index in [1.165, 1.54) is 11.1 Å². The van der Waals surface area contributed by atoms with E-state index in [4.69, 9.17) is 4.74 Å². The number of rotatable bonds is 8. The molecule has 0 N–H and O–H groups in total. The van der Waals surface area contributed by atoms with Crippen LogP contribution in [0.3, 0.4) is 0 Å². The fourth-order valence-electron chi connectivity index (χ4n) is 3.28. The predicted octanol–water partition coefficient (Wildman–Crippen LogP) is 4.93. The molecule has 4 rings (SSSR count). The molecule has 202 valence electrons. The van der Waals surface area contributed by atoms with Gasteiger partial charge in [0.1, 0.15) is 12.8 Å². The highest BCUT2D eigenvalue weighted by atomic mass is 32.3. The van der Waals surface area contributed by atoms with Gasteiger partial charge in [-0.25, -0.2) is 13.0 Å². The van der Waals surface area contributed by atoms with Gasteiger partial charge in [-0.05, 0) is 59.5 Å². The van der Waals surface area contributed by atoms with Gasteiger partial charge in [-0.1, -0.05) is 30.4 Å². The first-order valence-corrected chi connectivity index (χ1v) is 13.2. The molecule has 1 aliphatic rings. The number of aryl methyl sites for hydroxylation is 1. The summed E-state index contributed by atoms with van der Waals surface area (Å²) >= 11 is 0. The van der Waals surface area contributed by atoms with Gasteiger partial charge < -0.3 is 9.29 Å². The van der Waals surface area contributed by atoms with E-state index < -0.39 is 10.4 Å². The van der Waals surface area contributed by atoms with Gasteiger partial charge in [0.05, 0.1) is 37.5 Å². The Labute approximate surface area is 228 Å². The summed E-state index contributed by atoms with van der Waals surface area (Å²) in [6.45, 7) is 0. The summed E-state index contributed by atoms with van der Waals surface area (Å²) in [6, 6.07) is 19.4. The first-order chi connectivity index (χ1) is 18.8. The number of azo groups is 1. The van der Waals surface area contributed by atoms with Crippen LogP contribution in [0.15, 0.2) is 117 Å². The molecule has 0 fully saturated rings. The normalized spacial score (nSPS) is 14.4. The zero-order chi connectivity index (χ0) is 28.1. The van der Waals surface area contributed by atoms with Crippen LogP contribution >= 0.6 is 0 Å². The molecule has 11 heteroatoms. The first-order valence-electron chi connectivity index (χ1n) is 11.8. The second-order valence-electron chi connectivity index (χ2n) is 8.23. The summed E-state index contributed by atoms with van der Waals surface area (Å²) in [5.74, 6) is 0.794. The maximum absolute atomic E-state index is 9.22. The molecule has 1 heterocycles. The molecule has 3 aromatic rings. The number of pyridine rings is 1. The molecule has 1 aromatic heterocycles. The average Bonchev–Trinajstić information content (AvgIpc) is 2.95. The number of benzene rings is 2. The molecular formula is C28H29N5O5S. The summed E-state index contributed by atoms with van der Waals surface area (Å²) in [5, 5.41) is 17.4. The largest absolute Gasteiger partial charge is 0.726 e. The average molecular weight is 548 g/mol. The number of nitrogens with zero attached hydrogens (tertiary/aromatic N) is 5. The number of methoxy groups -OCH3 is 1. The van der Waals surface area contributed by atoms with Crippen molar-refractivity contribution in [2.45, 2.75) is 12.8 Å². The summed E-state index contributed by atoms with van der Waals surface area (Å²) < 4.78 is 38.2. The monoisotopic (exact) mass is 547 g/mol. The van der Waals surface area contributed by atoms with Crippen LogP contribution in [0.2, 0.25) is 0 Å². The van der Waals surface area contributed by atoms with E-state index in [0.717, 1.165) is 48.4 Å². The number of ether oxygens (including phenoxy) is 1. The fourth-order valence-corrected chi connectivity index (χ4v) is 3.28. The van der Waals surface area contributed by atoms with Gasteiger partial charge in [-0.2, -0.15) is 20.4 Å². The van der Waals surface area contributed by atoms with Crippen molar-refractivity contribution in [2.24, 2.45) is 27.5 Å². The highest BCUT2D eigenvalue weighted by Crippen LogP contribution is 2.21. The highest BCUT2D eigenvalue weighted by Gasteiger charge is 2.10. The van der Waals surface area contributed by atoms with Crippen LogP contribution in [0.1, 0.15) is 17.5 Å². The summed E-state index contributed by atoms with van der Waals surface area (Å²) in [5.41, 5.74) is 5.94. The van der Waals surface area contributed by atoms with Gasteiger partial charge in [0, 0.05) is 18.6 Å². The molecule has 0 saturated carbocycles. The van der Waals surface area contributed by atoms with Crippen LogP contribution in [0.4, 0.5) is 11.4 Å². The van der Waals surface area contributed by atoms with E-state index in [1.54, 1.807) is 13.3 Å². The van der Waals surface area contributed by atoms with Crippen LogP contribution in [0.5, 0.6) is 5.75 Å². The number of hydrogen-bond donors (Lipinski definition) is 0. The van der Waals surface area contributed by atoms with Gasteiger partial charge in [0.25, 0.3) is 0 Å². The highest BCUT2D eigenvalue weighted by molar-refractivity contribution is 7.80. The molecule has 0 amide bonds.